The molecular weight excluding hydrogens is 320 g/mol. The van der Waals surface area contributed by atoms with Gasteiger partial charge in [-0.05, 0) is 12.5 Å². The molecule has 1 aliphatic heterocycles. The summed E-state index contributed by atoms with van der Waals surface area (Å²) in [5, 5.41) is 13.7. The Morgan fingerprint density at radius 1 is 1.21 bits per heavy atom. The summed E-state index contributed by atoms with van der Waals surface area (Å²) in [6.07, 6.45) is 1.74. The normalized spacial score (nSPS) is 17.3. The first-order chi connectivity index (χ1) is 11.7. The van der Waals surface area contributed by atoms with Gasteiger partial charge in [-0.15, -0.1) is 0 Å². The second-order valence-corrected chi connectivity index (χ2v) is 7.28. The summed E-state index contributed by atoms with van der Waals surface area (Å²) < 4.78 is 0. The molecule has 0 aliphatic carbocycles. The Labute approximate surface area is 147 Å². The largest absolute Gasteiger partial charge is 0.391 e. The maximum Gasteiger partial charge on any atom is 0.134 e. The Kier molecular flexibility index (Phi) is 5.93. The first-order valence-electron chi connectivity index (χ1n) is 8.35. The van der Waals surface area contributed by atoms with Gasteiger partial charge in [-0.3, -0.25) is 0 Å². The molecule has 1 saturated heterocycles. The number of benzene rings is 1. The minimum atomic E-state index is -0.475. The van der Waals surface area contributed by atoms with E-state index in [2.05, 4.69) is 20.2 Å². The molecule has 2 aromatic rings. The van der Waals surface area contributed by atoms with Crippen molar-refractivity contribution >= 4 is 23.4 Å². The molecule has 0 bridgehead atoms. The van der Waals surface area contributed by atoms with Crippen molar-refractivity contribution in [1.82, 2.24) is 9.97 Å². The SMILES string of the molecule is C[C@H](Nc1cc(N2CCSCC2)ncn1)[C@H](O)Cc1ccccc1. The molecule has 2 atom stereocenters. The summed E-state index contributed by atoms with van der Waals surface area (Å²) in [5.41, 5.74) is 1.13. The Morgan fingerprint density at radius 3 is 2.71 bits per heavy atom. The summed E-state index contributed by atoms with van der Waals surface area (Å²) in [6.45, 7) is 4.02. The molecule has 24 heavy (non-hydrogen) atoms. The van der Waals surface area contributed by atoms with Gasteiger partial charge in [0.2, 0.25) is 0 Å². The summed E-state index contributed by atoms with van der Waals surface area (Å²) in [5.74, 6) is 3.99. The molecule has 1 aromatic carbocycles. The monoisotopic (exact) mass is 344 g/mol. The molecule has 2 N–H and O–H groups in total. The van der Waals surface area contributed by atoms with Crippen LogP contribution in [0.1, 0.15) is 12.5 Å². The molecule has 5 nitrogen and oxygen atoms in total. The molecule has 3 rings (SSSR count). The van der Waals surface area contributed by atoms with Gasteiger partial charge in [-0.25, -0.2) is 9.97 Å². The van der Waals surface area contributed by atoms with Gasteiger partial charge < -0.3 is 15.3 Å². The second kappa shape index (κ2) is 8.35. The maximum atomic E-state index is 10.4. The van der Waals surface area contributed by atoms with Crippen LogP contribution in [-0.4, -0.2) is 51.8 Å². The Balaban J connectivity index is 1.60. The highest BCUT2D eigenvalue weighted by Crippen LogP contribution is 2.19. The van der Waals surface area contributed by atoms with Crippen LogP contribution in [0.2, 0.25) is 0 Å². The molecule has 0 spiro atoms. The zero-order valence-corrected chi connectivity index (χ0v) is 14.7. The lowest BCUT2D eigenvalue weighted by molar-refractivity contribution is 0.158. The van der Waals surface area contributed by atoms with Gasteiger partial charge in [-0.1, -0.05) is 30.3 Å². The van der Waals surface area contributed by atoms with Crippen LogP contribution in [0.25, 0.3) is 0 Å². The third kappa shape index (κ3) is 4.61. The minimum absolute atomic E-state index is 0.0927. The molecule has 6 heteroatoms. The Hall–Kier alpha value is -1.79. The Bertz CT molecular complexity index is 634. The molecule has 0 radical (unpaired) electrons. The lowest BCUT2D eigenvalue weighted by atomic mass is 10.0. The van der Waals surface area contributed by atoms with E-state index in [9.17, 15) is 5.11 Å². The second-order valence-electron chi connectivity index (χ2n) is 6.05. The van der Waals surface area contributed by atoms with Crippen LogP contribution in [0, 0.1) is 0 Å². The summed E-state index contributed by atoms with van der Waals surface area (Å²) in [7, 11) is 0. The average Bonchev–Trinajstić information content (AvgIpc) is 2.63. The molecule has 1 fully saturated rings. The van der Waals surface area contributed by atoms with Crippen LogP contribution in [0.15, 0.2) is 42.7 Å². The fourth-order valence-corrected chi connectivity index (χ4v) is 3.66. The molecule has 0 saturated carbocycles. The molecule has 0 amide bonds. The number of thioether (sulfide) groups is 1. The Morgan fingerprint density at radius 2 is 1.96 bits per heavy atom. The van der Waals surface area contributed by atoms with Crippen molar-refractivity contribution in [2.24, 2.45) is 0 Å². The number of hydrogen-bond acceptors (Lipinski definition) is 6. The van der Waals surface area contributed by atoms with Crippen LogP contribution in [0.5, 0.6) is 0 Å². The lowest BCUT2D eigenvalue weighted by Gasteiger charge is -2.28. The van der Waals surface area contributed by atoms with Crippen molar-refractivity contribution < 1.29 is 5.11 Å². The van der Waals surface area contributed by atoms with Crippen LogP contribution in [-0.2, 0) is 6.42 Å². The highest BCUT2D eigenvalue weighted by Gasteiger charge is 2.17. The fraction of sp³-hybridized carbons (Fsp3) is 0.444. The van der Waals surface area contributed by atoms with Gasteiger partial charge in [0.15, 0.2) is 0 Å². The summed E-state index contributed by atoms with van der Waals surface area (Å²) in [4.78, 5) is 11.0. The molecule has 0 unspecified atom stereocenters. The van der Waals surface area contributed by atoms with E-state index in [1.807, 2.05) is 55.1 Å². The summed E-state index contributed by atoms with van der Waals surface area (Å²) >= 11 is 1.98. The van der Waals surface area contributed by atoms with Gasteiger partial charge >= 0.3 is 0 Å². The van der Waals surface area contributed by atoms with Crippen molar-refractivity contribution in [2.45, 2.75) is 25.5 Å². The van der Waals surface area contributed by atoms with Crippen molar-refractivity contribution in [3.8, 4) is 0 Å². The van der Waals surface area contributed by atoms with E-state index in [0.29, 0.717) is 6.42 Å². The smallest absolute Gasteiger partial charge is 0.134 e. The topological polar surface area (TPSA) is 61.3 Å². The third-order valence-electron chi connectivity index (χ3n) is 4.23. The number of nitrogens with zero attached hydrogens (tertiary/aromatic N) is 3. The van der Waals surface area contributed by atoms with Crippen LogP contribution < -0.4 is 10.2 Å². The molecule has 128 valence electrons. The van der Waals surface area contributed by atoms with Gasteiger partial charge in [0, 0.05) is 37.1 Å². The number of anilines is 2. The van der Waals surface area contributed by atoms with E-state index in [4.69, 9.17) is 0 Å². The van der Waals surface area contributed by atoms with Gasteiger partial charge in [-0.2, -0.15) is 11.8 Å². The minimum Gasteiger partial charge on any atom is -0.391 e. The standard InChI is InChI=1S/C18H24N4OS/c1-14(16(23)11-15-5-3-2-4-6-15)21-17-12-18(20-13-19-17)22-7-9-24-10-8-22/h2-6,12-14,16,23H,7-11H2,1H3,(H,19,20,21)/t14-,16+/m0/s1. The predicted octanol–water partition coefficient (Wildman–Crippen LogP) is 2.43. The molecular formula is C18H24N4OS. The quantitative estimate of drug-likeness (QED) is 0.839. The van der Waals surface area contributed by atoms with E-state index in [1.165, 1.54) is 0 Å². The van der Waals surface area contributed by atoms with Gasteiger partial charge in [0.05, 0.1) is 12.1 Å². The van der Waals surface area contributed by atoms with E-state index in [0.717, 1.165) is 41.8 Å². The highest BCUT2D eigenvalue weighted by molar-refractivity contribution is 7.99. The predicted molar refractivity (Wildman–Crippen MR) is 101 cm³/mol. The summed E-state index contributed by atoms with van der Waals surface area (Å²) in [6, 6.07) is 11.9. The van der Waals surface area contributed by atoms with Gasteiger partial charge in [0.1, 0.15) is 18.0 Å². The number of hydrogen-bond donors (Lipinski definition) is 2. The number of rotatable bonds is 6. The van der Waals surface area contributed by atoms with Crippen molar-refractivity contribution in [2.75, 3.05) is 34.8 Å². The number of aliphatic hydroxyl groups excluding tert-OH is 1. The number of nitrogens with one attached hydrogen (secondary N) is 1. The van der Waals surface area contributed by atoms with Crippen LogP contribution in [0.3, 0.4) is 0 Å². The number of aromatic nitrogens is 2. The zero-order valence-electron chi connectivity index (χ0n) is 13.9. The maximum absolute atomic E-state index is 10.4. The van der Waals surface area contributed by atoms with Crippen molar-refractivity contribution in [1.29, 1.82) is 0 Å². The van der Waals surface area contributed by atoms with Crippen molar-refractivity contribution in [3.05, 3.63) is 48.3 Å². The molecule has 1 aliphatic rings. The first kappa shape index (κ1) is 17.0. The lowest BCUT2D eigenvalue weighted by Crippen LogP contribution is -2.34. The van der Waals surface area contributed by atoms with E-state index >= 15 is 0 Å². The number of aliphatic hydroxyl groups is 1. The van der Waals surface area contributed by atoms with Gasteiger partial charge in [0.25, 0.3) is 0 Å². The zero-order chi connectivity index (χ0) is 16.8. The van der Waals surface area contributed by atoms with E-state index < -0.39 is 6.10 Å². The van der Waals surface area contributed by atoms with Crippen LogP contribution >= 0.6 is 11.8 Å². The highest BCUT2D eigenvalue weighted by atomic mass is 32.2. The average molecular weight is 344 g/mol. The van der Waals surface area contributed by atoms with Crippen LogP contribution in [0.4, 0.5) is 11.6 Å². The van der Waals surface area contributed by atoms with E-state index in [1.54, 1.807) is 6.33 Å². The van der Waals surface area contributed by atoms with E-state index in [-0.39, 0.29) is 6.04 Å². The molecule has 2 heterocycles. The fourth-order valence-electron chi connectivity index (χ4n) is 2.75. The third-order valence-corrected chi connectivity index (χ3v) is 5.17. The van der Waals surface area contributed by atoms with Crippen molar-refractivity contribution in [3.63, 3.8) is 0 Å². The molecule has 1 aromatic heterocycles. The first-order valence-corrected chi connectivity index (χ1v) is 9.51.